The first-order valence-electron chi connectivity index (χ1n) is 8.70. The van der Waals surface area contributed by atoms with Gasteiger partial charge in [-0.15, -0.1) is 0 Å². The zero-order valence-corrected chi connectivity index (χ0v) is 14.3. The highest BCUT2D eigenvalue weighted by Crippen LogP contribution is 2.49. The summed E-state index contributed by atoms with van der Waals surface area (Å²) in [7, 11) is 0. The molecule has 1 heterocycles. The number of carbonyl (C=O) groups excluding carboxylic acids is 2. The van der Waals surface area contributed by atoms with Crippen molar-refractivity contribution in [1.82, 2.24) is 0 Å². The van der Waals surface area contributed by atoms with Gasteiger partial charge in [-0.05, 0) is 37.7 Å². The minimum Gasteiger partial charge on any atom is -0.482 e. The van der Waals surface area contributed by atoms with Crippen LogP contribution >= 0.6 is 0 Å². The van der Waals surface area contributed by atoms with Crippen LogP contribution in [0.15, 0.2) is 42.0 Å². The van der Waals surface area contributed by atoms with E-state index in [9.17, 15) is 9.59 Å². The summed E-state index contributed by atoms with van der Waals surface area (Å²) in [5, 5.41) is 0. The summed E-state index contributed by atoms with van der Waals surface area (Å²) < 4.78 is 6.37. The van der Waals surface area contributed by atoms with Crippen LogP contribution in [0.5, 0.6) is 0 Å². The lowest BCUT2D eigenvalue weighted by atomic mass is 9.68. The zero-order chi connectivity index (χ0) is 17.1. The van der Waals surface area contributed by atoms with Crippen LogP contribution in [0.1, 0.15) is 49.5 Å². The molecule has 1 aromatic rings. The fourth-order valence-electron chi connectivity index (χ4n) is 4.16. The summed E-state index contributed by atoms with van der Waals surface area (Å²) in [6.07, 6.45) is 6.04. The molecule has 3 heteroatoms. The van der Waals surface area contributed by atoms with E-state index in [1.54, 1.807) is 12.1 Å². The van der Waals surface area contributed by atoms with Gasteiger partial charge in [0.1, 0.15) is 11.4 Å². The molecular weight excluding hydrogens is 300 g/mol. The first-order chi connectivity index (χ1) is 11.4. The summed E-state index contributed by atoms with van der Waals surface area (Å²) in [6.45, 7) is 6.53. The Hall–Kier alpha value is -2.16. The van der Waals surface area contributed by atoms with Gasteiger partial charge in [0.25, 0.3) is 0 Å². The van der Waals surface area contributed by atoms with E-state index in [-0.39, 0.29) is 11.7 Å². The smallest absolute Gasteiger partial charge is 0.234 e. The normalized spacial score (nSPS) is 31.5. The van der Waals surface area contributed by atoms with Crippen LogP contribution in [0.4, 0.5) is 0 Å². The van der Waals surface area contributed by atoms with Crippen LogP contribution in [0.3, 0.4) is 0 Å². The van der Waals surface area contributed by atoms with Gasteiger partial charge in [0, 0.05) is 22.6 Å². The standard InChI is InChI=1S/C21H22O3/c1-12(2)13-8-9-21(3)14(10-13)11-17-19(23)18(22)15-6-4-5-7-16(15)20(17)24-21/h4-9,12-14H,10-11H2,1-3H3/t13?,14-,21-/m0/s1. The number of ketones is 2. The van der Waals surface area contributed by atoms with Crippen molar-refractivity contribution in [1.29, 1.82) is 0 Å². The molecule has 1 aliphatic heterocycles. The highest BCUT2D eigenvalue weighted by molar-refractivity contribution is 6.52. The third-order valence-electron chi connectivity index (χ3n) is 5.84. The average Bonchev–Trinajstić information content (AvgIpc) is 2.57. The van der Waals surface area contributed by atoms with Gasteiger partial charge in [0.15, 0.2) is 0 Å². The third-order valence-corrected chi connectivity index (χ3v) is 5.84. The number of hydrogen-bond donors (Lipinski definition) is 0. The van der Waals surface area contributed by atoms with E-state index < -0.39 is 11.4 Å². The van der Waals surface area contributed by atoms with E-state index in [1.165, 1.54) is 0 Å². The van der Waals surface area contributed by atoms with Crippen molar-refractivity contribution in [3.8, 4) is 0 Å². The van der Waals surface area contributed by atoms with E-state index in [4.69, 9.17) is 4.74 Å². The molecule has 3 nitrogen and oxygen atoms in total. The molecule has 0 N–H and O–H groups in total. The van der Waals surface area contributed by atoms with Crippen LogP contribution in [-0.2, 0) is 9.53 Å². The fourth-order valence-corrected chi connectivity index (χ4v) is 4.16. The molecule has 2 aliphatic carbocycles. The van der Waals surface area contributed by atoms with Crippen molar-refractivity contribution in [2.24, 2.45) is 17.8 Å². The highest BCUT2D eigenvalue weighted by Gasteiger charge is 2.47. The minimum atomic E-state index is -0.405. The second-order valence-electron chi connectivity index (χ2n) is 7.70. The van der Waals surface area contributed by atoms with Gasteiger partial charge >= 0.3 is 0 Å². The molecule has 1 aromatic carbocycles. The Bertz CT molecular complexity index is 799. The molecule has 1 unspecified atom stereocenters. The van der Waals surface area contributed by atoms with Gasteiger partial charge in [-0.2, -0.15) is 0 Å². The van der Waals surface area contributed by atoms with E-state index in [0.717, 1.165) is 12.0 Å². The average molecular weight is 322 g/mol. The molecule has 0 bridgehead atoms. The molecule has 0 aromatic heterocycles. The lowest BCUT2D eigenvalue weighted by Crippen LogP contribution is -2.45. The van der Waals surface area contributed by atoms with E-state index in [0.29, 0.717) is 35.2 Å². The summed E-state index contributed by atoms with van der Waals surface area (Å²) in [5.74, 6) is 1.11. The Morgan fingerprint density at radius 3 is 2.54 bits per heavy atom. The monoisotopic (exact) mass is 322 g/mol. The lowest BCUT2D eigenvalue weighted by molar-refractivity contribution is -0.113. The first-order valence-corrected chi connectivity index (χ1v) is 8.70. The molecule has 3 aliphatic rings. The van der Waals surface area contributed by atoms with Gasteiger partial charge in [0.2, 0.25) is 11.6 Å². The fraction of sp³-hybridized carbons (Fsp3) is 0.429. The predicted molar refractivity (Wildman–Crippen MR) is 92.4 cm³/mol. The Morgan fingerprint density at radius 1 is 1.12 bits per heavy atom. The van der Waals surface area contributed by atoms with E-state index >= 15 is 0 Å². The molecule has 3 atom stereocenters. The maximum Gasteiger partial charge on any atom is 0.234 e. The van der Waals surface area contributed by atoms with Crippen LogP contribution in [0.25, 0.3) is 5.76 Å². The van der Waals surface area contributed by atoms with Crippen LogP contribution < -0.4 is 0 Å². The van der Waals surface area contributed by atoms with Crippen LogP contribution in [0.2, 0.25) is 0 Å². The van der Waals surface area contributed by atoms with Crippen LogP contribution in [-0.4, -0.2) is 17.2 Å². The molecule has 0 saturated carbocycles. The largest absolute Gasteiger partial charge is 0.482 e. The van der Waals surface area contributed by atoms with Crippen LogP contribution in [0, 0.1) is 17.8 Å². The summed E-state index contributed by atoms with van der Waals surface area (Å²) >= 11 is 0. The molecule has 0 amide bonds. The van der Waals surface area contributed by atoms with E-state index in [2.05, 4.69) is 32.9 Å². The summed E-state index contributed by atoms with van der Waals surface area (Å²) in [5.41, 5.74) is 1.39. The first kappa shape index (κ1) is 15.4. The number of benzene rings is 1. The van der Waals surface area contributed by atoms with Gasteiger partial charge in [0.05, 0.1) is 0 Å². The molecule has 0 radical (unpaired) electrons. The number of allylic oxidation sites excluding steroid dienone is 2. The number of Topliss-reactive ketones (excluding diaryl/α,β-unsaturated/α-hetero) is 2. The molecule has 4 rings (SSSR count). The number of fused-ring (bicyclic) bond motifs is 3. The number of ether oxygens (including phenoxy) is 1. The Balaban J connectivity index is 1.80. The number of hydrogen-bond acceptors (Lipinski definition) is 3. The molecule has 24 heavy (non-hydrogen) atoms. The second kappa shape index (κ2) is 5.17. The highest BCUT2D eigenvalue weighted by atomic mass is 16.5. The van der Waals surface area contributed by atoms with Gasteiger partial charge in [-0.25, -0.2) is 0 Å². The maximum atomic E-state index is 12.6. The molecule has 0 saturated heterocycles. The number of carbonyl (C=O) groups is 2. The minimum absolute atomic E-state index is 0.232. The molecular formula is C21H22O3. The van der Waals surface area contributed by atoms with Crippen molar-refractivity contribution in [3.63, 3.8) is 0 Å². The van der Waals surface area contributed by atoms with E-state index in [1.807, 2.05) is 12.1 Å². The van der Waals surface area contributed by atoms with Gasteiger partial charge in [-0.1, -0.05) is 44.2 Å². The van der Waals surface area contributed by atoms with Gasteiger partial charge < -0.3 is 4.74 Å². The summed E-state index contributed by atoms with van der Waals surface area (Å²) in [6, 6.07) is 7.26. The second-order valence-corrected chi connectivity index (χ2v) is 7.70. The lowest BCUT2D eigenvalue weighted by Gasteiger charge is -2.46. The van der Waals surface area contributed by atoms with Crippen molar-refractivity contribution in [2.75, 3.05) is 0 Å². The third kappa shape index (κ3) is 2.10. The predicted octanol–water partition coefficient (Wildman–Crippen LogP) is 4.19. The maximum absolute atomic E-state index is 12.6. The number of rotatable bonds is 1. The quantitative estimate of drug-likeness (QED) is 0.575. The van der Waals surface area contributed by atoms with Crippen molar-refractivity contribution in [3.05, 3.63) is 53.1 Å². The molecule has 0 fully saturated rings. The topological polar surface area (TPSA) is 43.4 Å². The van der Waals surface area contributed by atoms with Crippen molar-refractivity contribution in [2.45, 2.75) is 39.2 Å². The van der Waals surface area contributed by atoms with Crippen molar-refractivity contribution < 1.29 is 14.3 Å². The Kier molecular flexibility index (Phi) is 3.31. The van der Waals surface area contributed by atoms with Gasteiger partial charge in [-0.3, -0.25) is 9.59 Å². The molecule has 124 valence electrons. The summed E-state index contributed by atoms with van der Waals surface area (Å²) in [4.78, 5) is 25.0. The SMILES string of the molecule is CC(C)C1C=C[C@]2(C)OC3=C(C[C@@H]2C1)C(=O)C(=O)c1ccccc13. The molecule has 0 spiro atoms. The Labute approximate surface area is 142 Å². The zero-order valence-electron chi connectivity index (χ0n) is 14.3. The Morgan fingerprint density at radius 2 is 1.83 bits per heavy atom. The van der Waals surface area contributed by atoms with Crippen molar-refractivity contribution >= 4 is 17.3 Å².